The van der Waals surface area contributed by atoms with Crippen molar-refractivity contribution in [2.24, 2.45) is 0 Å². The summed E-state index contributed by atoms with van der Waals surface area (Å²) in [5.74, 6) is 0.775. The maximum atomic E-state index is 12.0. The van der Waals surface area contributed by atoms with Gasteiger partial charge in [-0.1, -0.05) is 24.3 Å². The SMILES string of the molecule is CCOc1ccc(CCNCc2c(C(=O)O)c(C)n(Cc3cccc(OC)c3)c2C)cc1. The fourth-order valence-corrected chi connectivity index (χ4v) is 4.00. The van der Waals surface area contributed by atoms with Gasteiger partial charge in [-0.2, -0.15) is 0 Å². The van der Waals surface area contributed by atoms with E-state index in [0.717, 1.165) is 47.0 Å². The standard InChI is InChI=1S/C26H32N2O4/c1-5-32-22-11-9-20(10-12-22)13-14-27-16-24-18(2)28(19(3)25(24)26(29)30)17-21-7-6-8-23(15-21)31-4/h6-12,15,27H,5,13-14,16-17H2,1-4H3,(H,29,30). The molecule has 3 rings (SSSR count). The van der Waals surface area contributed by atoms with Gasteiger partial charge in [-0.3, -0.25) is 0 Å². The number of carboxylic acid groups (broad SMARTS) is 1. The van der Waals surface area contributed by atoms with Crippen LogP contribution >= 0.6 is 0 Å². The Morgan fingerprint density at radius 3 is 2.44 bits per heavy atom. The Morgan fingerprint density at radius 1 is 1.03 bits per heavy atom. The molecule has 0 aliphatic heterocycles. The monoisotopic (exact) mass is 436 g/mol. The predicted molar refractivity (Wildman–Crippen MR) is 126 cm³/mol. The number of nitrogens with zero attached hydrogens (tertiary/aromatic N) is 1. The molecule has 0 saturated carbocycles. The molecule has 6 nitrogen and oxygen atoms in total. The summed E-state index contributed by atoms with van der Waals surface area (Å²) in [6.07, 6.45) is 0.858. The first-order chi connectivity index (χ1) is 15.4. The van der Waals surface area contributed by atoms with Gasteiger partial charge in [0.15, 0.2) is 0 Å². The van der Waals surface area contributed by atoms with Gasteiger partial charge >= 0.3 is 5.97 Å². The molecule has 1 heterocycles. The van der Waals surface area contributed by atoms with E-state index in [-0.39, 0.29) is 0 Å². The van der Waals surface area contributed by atoms with E-state index in [1.54, 1.807) is 7.11 Å². The summed E-state index contributed by atoms with van der Waals surface area (Å²) in [5.41, 5.74) is 5.24. The minimum atomic E-state index is -0.890. The van der Waals surface area contributed by atoms with Gasteiger partial charge in [-0.05, 0) is 69.1 Å². The van der Waals surface area contributed by atoms with E-state index in [4.69, 9.17) is 9.47 Å². The molecule has 0 fully saturated rings. The molecule has 0 bridgehead atoms. The van der Waals surface area contributed by atoms with Crippen molar-refractivity contribution in [2.45, 2.75) is 40.3 Å². The Hall–Kier alpha value is -3.25. The summed E-state index contributed by atoms with van der Waals surface area (Å²) in [5, 5.41) is 13.3. The average Bonchev–Trinajstić information content (AvgIpc) is 3.02. The highest BCUT2D eigenvalue weighted by Gasteiger charge is 2.22. The molecule has 32 heavy (non-hydrogen) atoms. The van der Waals surface area contributed by atoms with Crippen molar-refractivity contribution >= 4 is 5.97 Å². The zero-order valence-electron chi connectivity index (χ0n) is 19.3. The Kier molecular flexibility index (Phi) is 7.95. The normalized spacial score (nSPS) is 10.9. The Morgan fingerprint density at radius 2 is 1.78 bits per heavy atom. The zero-order valence-corrected chi connectivity index (χ0v) is 19.3. The van der Waals surface area contributed by atoms with Gasteiger partial charge in [0.05, 0.1) is 19.3 Å². The number of hydrogen-bond acceptors (Lipinski definition) is 4. The first-order valence-electron chi connectivity index (χ1n) is 10.9. The average molecular weight is 437 g/mol. The number of hydrogen-bond donors (Lipinski definition) is 2. The highest BCUT2D eigenvalue weighted by molar-refractivity contribution is 5.91. The van der Waals surface area contributed by atoms with Crippen LogP contribution in [0.25, 0.3) is 0 Å². The number of nitrogens with one attached hydrogen (secondary N) is 1. The number of aromatic nitrogens is 1. The maximum absolute atomic E-state index is 12.0. The van der Waals surface area contributed by atoms with Crippen molar-refractivity contribution in [1.82, 2.24) is 9.88 Å². The number of benzene rings is 2. The molecular formula is C26H32N2O4. The number of rotatable bonds is 11. The molecule has 170 valence electrons. The third kappa shape index (κ3) is 5.51. The first kappa shape index (κ1) is 23.4. The van der Waals surface area contributed by atoms with Crippen LogP contribution in [0.15, 0.2) is 48.5 Å². The van der Waals surface area contributed by atoms with E-state index in [9.17, 15) is 9.90 Å². The summed E-state index contributed by atoms with van der Waals surface area (Å²) in [4.78, 5) is 12.0. The summed E-state index contributed by atoms with van der Waals surface area (Å²) < 4.78 is 12.9. The quantitative estimate of drug-likeness (QED) is 0.430. The van der Waals surface area contributed by atoms with Gasteiger partial charge in [0.2, 0.25) is 0 Å². The lowest BCUT2D eigenvalue weighted by Crippen LogP contribution is -2.18. The number of ether oxygens (including phenoxy) is 2. The molecule has 2 aromatic carbocycles. The van der Waals surface area contributed by atoms with Crippen LogP contribution in [0, 0.1) is 13.8 Å². The summed E-state index contributed by atoms with van der Waals surface area (Å²) >= 11 is 0. The van der Waals surface area contributed by atoms with E-state index < -0.39 is 5.97 Å². The largest absolute Gasteiger partial charge is 0.497 e. The third-order valence-electron chi connectivity index (χ3n) is 5.73. The first-order valence-corrected chi connectivity index (χ1v) is 10.9. The molecule has 0 saturated heterocycles. The van der Waals surface area contributed by atoms with Gasteiger partial charge in [-0.25, -0.2) is 4.79 Å². The van der Waals surface area contributed by atoms with Gasteiger partial charge in [-0.15, -0.1) is 0 Å². The molecule has 0 spiro atoms. The second-order valence-electron chi connectivity index (χ2n) is 7.77. The Balaban J connectivity index is 1.70. The van der Waals surface area contributed by atoms with E-state index >= 15 is 0 Å². The maximum Gasteiger partial charge on any atom is 0.337 e. The van der Waals surface area contributed by atoms with Gasteiger partial charge in [0, 0.05) is 30.0 Å². The lowest BCUT2D eigenvalue weighted by atomic mass is 10.1. The molecule has 2 N–H and O–H groups in total. The molecule has 0 amide bonds. The molecule has 0 aliphatic carbocycles. The highest BCUT2D eigenvalue weighted by Crippen LogP contribution is 2.25. The van der Waals surface area contributed by atoms with Gasteiger partial charge in [0.25, 0.3) is 0 Å². The number of methoxy groups -OCH3 is 1. The van der Waals surface area contributed by atoms with Crippen LogP contribution in [0.2, 0.25) is 0 Å². The highest BCUT2D eigenvalue weighted by atomic mass is 16.5. The Labute approximate surface area is 189 Å². The minimum absolute atomic E-state index is 0.388. The van der Waals surface area contributed by atoms with Gasteiger partial charge < -0.3 is 24.5 Å². The van der Waals surface area contributed by atoms with Crippen molar-refractivity contribution in [3.8, 4) is 11.5 Å². The van der Waals surface area contributed by atoms with Crippen LogP contribution in [0.1, 0.15) is 45.4 Å². The molecular weight excluding hydrogens is 404 g/mol. The lowest BCUT2D eigenvalue weighted by Gasteiger charge is -2.11. The smallest absolute Gasteiger partial charge is 0.337 e. The molecule has 3 aromatic rings. The zero-order chi connectivity index (χ0) is 23.1. The fourth-order valence-electron chi connectivity index (χ4n) is 4.00. The van der Waals surface area contributed by atoms with E-state index in [1.807, 2.05) is 57.2 Å². The van der Waals surface area contributed by atoms with E-state index in [0.29, 0.717) is 25.3 Å². The fraction of sp³-hybridized carbons (Fsp3) is 0.346. The summed E-state index contributed by atoms with van der Waals surface area (Å²) in [6, 6.07) is 15.9. The van der Waals surface area contributed by atoms with Crippen LogP contribution in [-0.4, -0.2) is 35.9 Å². The number of carboxylic acids is 1. The van der Waals surface area contributed by atoms with Crippen LogP contribution in [0.4, 0.5) is 0 Å². The van der Waals surface area contributed by atoms with Crippen molar-refractivity contribution in [2.75, 3.05) is 20.3 Å². The lowest BCUT2D eigenvalue weighted by molar-refractivity contribution is 0.0694. The molecule has 0 unspecified atom stereocenters. The Bertz CT molecular complexity index is 1050. The second-order valence-corrected chi connectivity index (χ2v) is 7.77. The molecule has 0 radical (unpaired) electrons. The van der Waals surface area contributed by atoms with Gasteiger partial charge in [0.1, 0.15) is 11.5 Å². The third-order valence-corrected chi connectivity index (χ3v) is 5.73. The summed E-state index contributed by atoms with van der Waals surface area (Å²) in [6.45, 7) is 8.35. The number of aromatic carboxylic acids is 1. The molecule has 1 aromatic heterocycles. The van der Waals surface area contributed by atoms with Crippen LogP contribution < -0.4 is 14.8 Å². The van der Waals surface area contributed by atoms with Crippen molar-refractivity contribution < 1.29 is 19.4 Å². The minimum Gasteiger partial charge on any atom is -0.497 e. The topological polar surface area (TPSA) is 72.7 Å². The van der Waals surface area contributed by atoms with Crippen LogP contribution in [-0.2, 0) is 19.5 Å². The van der Waals surface area contributed by atoms with Crippen LogP contribution in [0.3, 0.4) is 0 Å². The van der Waals surface area contributed by atoms with Crippen molar-refractivity contribution in [3.63, 3.8) is 0 Å². The molecule has 0 aliphatic rings. The molecule has 6 heteroatoms. The second kappa shape index (κ2) is 10.9. The van der Waals surface area contributed by atoms with Crippen molar-refractivity contribution in [3.05, 3.63) is 82.2 Å². The predicted octanol–water partition coefficient (Wildman–Crippen LogP) is 4.59. The van der Waals surface area contributed by atoms with E-state index in [1.165, 1.54) is 5.56 Å². The van der Waals surface area contributed by atoms with Crippen molar-refractivity contribution in [1.29, 1.82) is 0 Å². The molecule has 0 atom stereocenters. The van der Waals surface area contributed by atoms with Crippen LogP contribution in [0.5, 0.6) is 11.5 Å². The summed E-state index contributed by atoms with van der Waals surface area (Å²) in [7, 11) is 1.64. The van der Waals surface area contributed by atoms with E-state index in [2.05, 4.69) is 22.0 Å². The number of carbonyl (C=O) groups is 1.